The predicted molar refractivity (Wildman–Crippen MR) is 115 cm³/mol. The fraction of sp³-hybridized carbons (Fsp3) is 0.680. The van der Waals surface area contributed by atoms with Gasteiger partial charge in [0.2, 0.25) is 5.91 Å². The fourth-order valence-corrected chi connectivity index (χ4v) is 6.66. The number of nitrogens with zero attached hydrogens (tertiary/aromatic N) is 1. The minimum absolute atomic E-state index is 0.0165. The first-order valence-electron chi connectivity index (χ1n) is 12.0. The van der Waals surface area contributed by atoms with Crippen LogP contribution in [0, 0.1) is 11.8 Å². The Bertz CT molecular complexity index is 778. The molecule has 162 valence electrons. The first-order valence-corrected chi connectivity index (χ1v) is 12.0. The molecule has 4 aliphatic rings. The molecule has 4 fully saturated rings. The van der Waals surface area contributed by atoms with Crippen LogP contribution in [0.3, 0.4) is 0 Å². The Balaban J connectivity index is 1.41. The molecule has 30 heavy (non-hydrogen) atoms. The van der Waals surface area contributed by atoms with E-state index >= 15 is 0 Å². The third-order valence-corrected chi connectivity index (χ3v) is 8.28. The van der Waals surface area contributed by atoms with Crippen LogP contribution in [-0.4, -0.2) is 41.1 Å². The van der Waals surface area contributed by atoms with Gasteiger partial charge in [-0.25, -0.2) is 4.79 Å². The van der Waals surface area contributed by atoms with Gasteiger partial charge in [0.15, 0.2) is 0 Å². The van der Waals surface area contributed by atoms with Crippen molar-refractivity contribution in [2.75, 3.05) is 6.54 Å². The second-order valence-electron chi connectivity index (χ2n) is 9.86. The Morgan fingerprint density at radius 3 is 2.67 bits per heavy atom. The normalized spacial score (nSPS) is 33.8. The van der Waals surface area contributed by atoms with E-state index in [0.29, 0.717) is 24.3 Å². The molecule has 5 rings (SSSR count). The van der Waals surface area contributed by atoms with Crippen molar-refractivity contribution in [1.29, 1.82) is 0 Å². The SMILES string of the molecule is O=C(NC1CCC1)O[C@H]1CC[C@@]23CCCN2C(=O)CCC[C@H]3[C@H]1Cc1ccccc1. The van der Waals surface area contributed by atoms with E-state index < -0.39 is 0 Å². The average Bonchev–Trinajstić information content (AvgIpc) is 3.08. The van der Waals surface area contributed by atoms with Crippen molar-refractivity contribution >= 4 is 12.0 Å². The third-order valence-electron chi connectivity index (χ3n) is 8.28. The van der Waals surface area contributed by atoms with E-state index in [1.165, 1.54) is 12.0 Å². The molecule has 5 heteroatoms. The van der Waals surface area contributed by atoms with Gasteiger partial charge >= 0.3 is 6.09 Å². The minimum atomic E-state index is -0.244. The molecule has 1 aromatic carbocycles. The number of carbonyl (C=O) groups is 2. The van der Waals surface area contributed by atoms with Crippen LogP contribution in [0.2, 0.25) is 0 Å². The van der Waals surface area contributed by atoms with E-state index in [1.807, 2.05) is 0 Å². The molecule has 2 saturated heterocycles. The molecule has 2 heterocycles. The number of alkyl carbamates (subject to hydrolysis) is 1. The van der Waals surface area contributed by atoms with Crippen LogP contribution in [0.25, 0.3) is 0 Å². The lowest BCUT2D eigenvalue weighted by Crippen LogP contribution is -2.59. The number of nitrogens with one attached hydrogen (secondary N) is 1. The Hall–Kier alpha value is -2.04. The molecule has 0 bridgehead atoms. The second-order valence-corrected chi connectivity index (χ2v) is 9.86. The van der Waals surface area contributed by atoms with E-state index in [2.05, 4.69) is 40.5 Å². The zero-order valence-electron chi connectivity index (χ0n) is 17.9. The average molecular weight is 411 g/mol. The highest BCUT2D eigenvalue weighted by Crippen LogP contribution is 2.53. The van der Waals surface area contributed by atoms with Gasteiger partial charge in [-0.1, -0.05) is 30.3 Å². The van der Waals surface area contributed by atoms with Gasteiger partial charge in [0.05, 0.1) is 0 Å². The van der Waals surface area contributed by atoms with Crippen LogP contribution in [0.5, 0.6) is 0 Å². The summed E-state index contributed by atoms with van der Waals surface area (Å²) in [6, 6.07) is 10.9. The van der Waals surface area contributed by atoms with E-state index in [0.717, 1.165) is 64.3 Å². The molecule has 2 aliphatic heterocycles. The third kappa shape index (κ3) is 3.61. The molecule has 0 radical (unpaired) electrons. The number of rotatable bonds is 4. The summed E-state index contributed by atoms with van der Waals surface area (Å²) in [6.07, 6.45) is 10.6. The van der Waals surface area contributed by atoms with Crippen molar-refractivity contribution in [2.24, 2.45) is 11.8 Å². The Labute approximate surface area is 179 Å². The first-order chi connectivity index (χ1) is 14.7. The van der Waals surface area contributed by atoms with Crippen LogP contribution >= 0.6 is 0 Å². The molecule has 2 amide bonds. The maximum atomic E-state index is 12.9. The van der Waals surface area contributed by atoms with E-state index in [1.54, 1.807) is 0 Å². The van der Waals surface area contributed by atoms with Crippen molar-refractivity contribution < 1.29 is 14.3 Å². The van der Waals surface area contributed by atoms with Crippen molar-refractivity contribution in [3.8, 4) is 0 Å². The van der Waals surface area contributed by atoms with Crippen LogP contribution in [0.1, 0.15) is 69.8 Å². The second kappa shape index (κ2) is 8.24. The molecule has 1 aromatic rings. The summed E-state index contributed by atoms with van der Waals surface area (Å²) < 4.78 is 6.09. The quantitative estimate of drug-likeness (QED) is 0.798. The summed E-state index contributed by atoms with van der Waals surface area (Å²) in [7, 11) is 0. The predicted octanol–water partition coefficient (Wildman–Crippen LogP) is 4.45. The monoisotopic (exact) mass is 410 g/mol. The Morgan fingerprint density at radius 1 is 1.07 bits per heavy atom. The van der Waals surface area contributed by atoms with Crippen LogP contribution < -0.4 is 5.32 Å². The number of hydrogen-bond acceptors (Lipinski definition) is 3. The summed E-state index contributed by atoms with van der Waals surface area (Å²) >= 11 is 0. The lowest BCUT2D eigenvalue weighted by atomic mass is 9.62. The van der Waals surface area contributed by atoms with Crippen LogP contribution in [0.15, 0.2) is 30.3 Å². The molecule has 1 spiro atoms. The summed E-state index contributed by atoms with van der Waals surface area (Å²) in [5.74, 6) is 1.01. The fourth-order valence-electron chi connectivity index (χ4n) is 6.66. The number of benzene rings is 1. The lowest BCUT2D eigenvalue weighted by molar-refractivity contribution is -0.141. The van der Waals surface area contributed by atoms with Gasteiger partial charge in [-0.2, -0.15) is 0 Å². The highest BCUT2D eigenvalue weighted by Gasteiger charge is 2.56. The zero-order chi connectivity index (χ0) is 20.6. The Morgan fingerprint density at radius 2 is 1.90 bits per heavy atom. The van der Waals surface area contributed by atoms with Crippen molar-refractivity contribution in [2.45, 2.75) is 88.3 Å². The van der Waals surface area contributed by atoms with E-state index in [4.69, 9.17) is 4.74 Å². The molecule has 0 aromatic heterocycles. The van der Waals surface area contributed by atoms with Crippen molar-refractivity contribution in [1.82, 2.24) is 10.2 Å². The highest BCUT2D eigenvalue weighted by molar-refractivity contribution is 5.78. The van der Waals surface area contributed by atoms with Crippen molar-refractivity contribution in [3.05, 3.63) is 35.9 Å². The summed E-state index contributed by atoms with van der Waals surface area (Å²) in [5, 5.41) is 3.06. The maximum Gasteiger partial charge on any atom is 0.407 e. The maximum absolute atomic E-state index is 12.9. The number of amides is 2. The minimum Gasteiger partial charge on any atom is -0.446 e. The van der Waals surface area contributed by atoms with Gasteiger partial charge in [0.25, 0.3) is 0 Å². The van der Waals surface area contributed by atoms with Gasteiger partial charge in [-0.3, -0.25) is 4.79 Å². The van der Waals surface area contributed by atoms with Crippen molar-refractivity contribution in [3.63, 3.8) is 0 Å². The molecule has 2 aliphatic carbocycles. The first kappa shape index (κ1) is 19.9. The van der Waals surface area contributed by atoms with Gasteiger partial charge < -0.3 is 15.0 Å². The standard InChI is InChI=1S/C25H34N2O3/c28-23-12-5-11-21-20(17-18-7-2-1-3-8-18)22(30-24(29)26-19-9-4-10-19)13-15-25(21)14-6-16-27(23)25/h1-3,7-8,19-22H,4-6,9-17H2,(H,26,29)/t20-,21+,22+,25-/m1/s1. The van der Waals surface area contributed by atoms with E-state index in [-0.39, 0.29) is 23.7 Å². The molecular formula is C25H34N2O3. The van der Waals surface area contributed by atoms with E-state index in [9.17, 15) is 9.59 Å². The van der Waals surface area contributed by atoms with Gasteiger partial charge in [0, 0.05) is 30.5 Å². The molecule has 2 saturated carbocycles. The smallest absolute Gasteiger partial charge is 0.407 e. The highest BCUT2D eigenvalue weighted by atomic mass is 16.6. The van der Waals surface area contributed by atoms with Crippen LogP contribution in [-0.2, 0) is 16.0 Å². The van der Waals surface area contributed by atoms with Gasteiger partial charge in [0.1, 0.15) is 6.10 Å². The molecule has 5 nitrogen and oxygen atoms in total. The Kier molecular flexibility index (Phi) is 5.46. The molecule has 0 unspecified atom stereocenters. The molecule has 1 N–H and O–H groups in total. The zero-order valence-corrected chi connectivity index (χ0v) is 17.9. The largest absolute Gasteiger partial charge is 0.446 e. The topological polar surface area (TPSA) is 58.6 Å². The number of ether oxygens (including phenoxy) is 1. The summed E-state index contributed by atoms with van der Waals surface area (Å²) in [5.41, 5.74) is 1.28. The number of carbonyl (C=O) groups excluding carboxylic acids is 2. The number of hydrogen-bond donors (Lipinski definition) is 1. The summed E-state index contributed by atoms with van der Waals surface area (Å²) in [6.45, 7) is 0.904. The molecule has 4 atom stereocenters. The lowest BCUT2D eigenvalue weighted by Gasteiger charge is -2.52. The van der Waals surface area contributed by atoms with Crippen LogP contribution in [0.4, 0.5) is 4.79 Å². The summed E-state index contributed by atoms with van der Waals surface area (Å²) in [4.78, 5) is 27.7. The van der Waals surface area contributed by atoms with Gasteiger partial charge in [-0.15, -0.1) is 0 Å². The van der Waals surface area contributed by atoms with Gasteiger partial charge in [-0.05, 0) is 75.7 Å². The molecular weight excluding hydrogens is 376 g/mol.